The number of carboxylic acids is 1. The quantitative estimate of drug-likeness (QED) is 0.580. The number of para-hydroxylation sites is 1. The van der Waals surface area contributed by atoms with Crippen molar-refractivity contribution in [3.8, 4) is 5.75 Å². The van der Waals surface area contributed by atoms with Gasteiger partial charge in [-0.15, -0.1) is 6.58 Å². The molecule has 3 aromatic rings. The second-order valence-electron chi connectivity index (χ2n) is 5.94. The van der Waals surface area contributed by atoms with E-state index in [0.29, 0.717) is 17.9 Å². The summed E-state index contributed by atoms with van der Waals surface area (Å²) in [5.74, 6) is -0.552. The van der Waals surface area contributed by atoms with Gasteiger partial charge in [-0.1, -0.05) is 24.3 Å². The Labute approximate surface area is 161 Å². The summed E-state index contributed by atoms with van der Waals surface area (Å²) in [5.41, 5.74) is 0.967. The van der Waals surface area contributed by atoms with Crippen LogP contribution in [0.5, 0.6) is 5.75 Å². The number of ether oxygens (including phenoxy) is 1. The first-order chi connectivity index (χ1) is 13.5. The Hall–Kier alpha value is -3.81. The SMILES string of the molecule is C=CCc1ccccc1OCc1ccc(C(=O)Nc2cnn(C)c2C(=O)O)o1. The number of aryl methyl sites for hydroxylation is 1. The normalized spacial score (nSPS) is 10.5. The van der Waals surface area contributed by atoms with Crippen LogP contribution in [0.4, 0.5) is 5.69 Å². The van der Waals surface area contributed by atoms with Crippen LogP contribution in [0, 0.1) is 0 Å². The molecule has 2 heterocycles. The number of amides is 1. The Morgan fingerprint density at radius 1 is 1.32 bits per heavy atom. The first-order valence-corrected chi connectivity index (χ1v) is 8.46. The van der Waals surface area contributed by atoms with Crippen molar-refractivity contribution < 1.29 is 23.8 Å². The number of carbonyl (C=O) groups is 2. The van der Waals surface area contributed by atoms with Crippen molar-refractivity contribution in [1.82, 2.24) is 9.78 Å². The van der Waals surface area contributed by atoms with Crippen molar-refractivity contribution in [3.63, 3.8) is 0 Å². The average Bonchev–Trinajstić information content (AvgIpc) is 3.28. The maximum Gasteiger partial charge on any atom is 0.356 e. The molecule has 0 saturated carbocycles. The first-order valence-electron chi connectivity index (χ1n) is 8.46. The molecule has 0 bridgehead atoms. The number of carboxylic acid groups (broad SMARTS) is 1. The van der Waals surface area contributed by atoms with Crippen LogP contribution in [0.2, 0.25) is 0 Å². The third kappa shape index (κ3) is 4.12. The van der Waals surface area contributed by atoms with Crippen LogP contribution in [0.3, 0.4) is 0 Å². The molecule has 3 rings (SSSR count). The highest BCUT2D eigenvalue weighted by molar-refractivity contribution is 6.05. The molecule has 8 nitrogen and oxygen atoms in total. The summed E-state index contributed by atoms with van der Waals surface area (Å²) in [6, 6.07) is 10.7. The summed E-state index contributed by atoms with van der Waals surface area (Å²) < 4.78 is 12.5. The van der Waals surface area contributed by atoms with E-state index in [1.54, 1.807) is 12.1 Å². The molecule has 1 amide bonds. The second-order valence-corrected chi connectivity index (χ2v) is 5.94. The Bertz CT molecular complexity index is 1020. The minimum Gasteiger partial charge on any atom is -0.485 e. The van der Waals surface area contributed by atoms with Crippen molar-refractivity contribution in [1.29, 1.82) is 0 Å². The van der Waals surface area contributed by atoms with Gasteiger partial charge in [-0.25, -0.2) is 4.79 Å². The van der Waals surface area contributed by atoms with E-state index in [1.165, 1.54) is 24.0 Å². The topological polar surface area (TPSA) is 107 Å². The van der Waals surface area contributed by atoms with Crippen LogP contribution in [0.15, 0.2) is 59.7 Å². The number of aromatic nitrogens is 2. The lowest BCUT2D eigenvalue weighted by Crippen LogP contribution is -2.15. The van der Waals surface area contributed by atoms with Gasteiger partial charge >= 0.3 is 5.97 Å². The summed E-state index contributed by atoms with van der Waals surface area (Å²) in [6.45, 7) is 3.88. The number of nitrogens with one attached hydrogen (secondary N) is 1. The molecule has 0 saturated heterocycles. The molecule has 0 aliphatic heterocycles. The summed E-state index contributed by atoms with van der Waals surface area (Å²) >= 11 is 0. The van der Waals surface area contributed by atoms with Crippen LogP contribution in [0.1, 0.15) is 32.4 Å². The van der Waals surface area contributed by atoms with Gasteiger partial charge in [0.05, 0.1) is 11.9 Å². The molecule has 8 heteroatoms. The summed E-state index contributed by atoms with van der Waals surface area (Å²) in [7, 11) is 1.48. The van der Waals surface area contributed by atoms with E-state index in [2.05, 4.69) is 17.0 Å². The summed E-state index contributed by atoms with van der Waals surface area (Å²) in [6.07, 6.45) is 3.74. The van der Waals surface area contributed by atoms with Crippen molar-refractivity contribution in [3.05, 3.63) is 78.0 Å². The highest BCUT2D eigenvalue weighted by Gasteiger charge is 2.20. The molecular weight excluding hydrogens is 362 g/mol. The van der Waals surface area contributed by atoms with Crippen LogP contribution < -0.4 is 10.1 Å². The Morgan fingerprint density at radius 3 is 2.86 bits per heavy atom. The third-order valence-corrected chi connectivity index (χ3v) is 3.98. The smallest absolute Gasteiger partial charge is 0.356 e. The summed E-state index contributed by atoms with van der Waals surface area (Å²) in [5, 5.41) is 15.5. The van der Waals surface area contributed by atoms with Crippen LogP contribution in [0.25, 0.3) is 0 Å². The number of allylic oxidation sites excluding steroid dienone is 1. The highest BCUT2D eigenvalue weighted by Crippen LogP contribution is 2.21. The second kappa shape index (κ2) is 8.26. The van der Waals surface area contributed by atoms with Crippen molar-refractivity contribution in [2.24, 2.45) is 7.05 Å². The van der Waals surface area contributed by atoms with Gasteiger partial charge in [0.15, 0.2) is 11.5 Å². The number of benzene rings is 1. The number of carbonyl (C=O) groups excluding carboxylic acids is 1. The van der Waals surface area contributed by atoms with Gasteiger partial charge in [0, 0.05) is 7.05 Å². The lowest BCUT2D eigenvalue weighted by atomic mass is 10.1. The van der Waals surface area contributed by atoms with Gasteiger partial charge < -0.3 is 19.6 Å². The van der Waals surface area contributed by atoms with Crippen LogP contribution in [-0.4, -0.2) is 26.8 Å². The zero-order chi connectivity index (χ0) is 20.1. The molecule has 0 fully saturated rings. The highest BCUT2D eigenvalue weighted by atomic mass is 16.5. The fraction of sp³-hybridized carbons (Fsp3) is 0.150. The van der Waals surface area contributed by atoms with E-state index in [9.17, 15) is 14.7 Å². The van der Waals surface area contributed by atoms with Crippen molar-refractivity contribution in [2.45, 2.75) is 13.0 Å². The minimum atomic E-state index is -1.19. The third-order valence-electron chi connectivity index (χ3n) is 3.98. The molecule has 0 radical (unpaired) electrons. The maximum atomic E-state index is 12.3. The number of hydrogen-bond acceptors (Lipinski definition) is 5. The number of hydrogen-bond donors (Lipinski definition) is 2. The van der Waals surface area contributed by atoms with E-state index >= 15 is 0 Å². The predicted octanol–water partition coefficient (Wildman–Crippen LogP) is 3.27. The van der Waals surface area contributed by atoms with Gasteiger partial charge in [-0.2, -0.15) is 5.10 Å². The first kappa shape index (κ1) is 19.0. The average molecular weight is 381 g/mol. The standard InChI is InChI=1S/C20H19N3O5/c1-3-6-13-7-4-5-8-16(13)27-12-14-9-10-17(28-14)19(24)22-15-11-21-23(2)18(15)20(25)26/h3-5,7-11H,1,6,12H2,2H3,(H,22,24)(H,25,26). The summed E-state index contributed by atoms with van der Waals surface area (Å²) in [4.78, 5) is 23.6. The molecule has 2 N–H and O–H groups in total. The maximum absolute atomic E-state index is 12.3. The Kier molecular flexibility index (Phi) is 5.59. The minimum absolute atomic E-state index is 0.0400. The molecule has 1 aromatic carbocycles. The molecule has 0 unspecified atom stereocenters. The fourth-order valence-electron chi connectivity index (χ4n) is 2.66. The number of rotatable bonds is 8. The Balaban J connectivity index is 1.67. The molecule has 0 atom stereocenters. The monoisotopic (exact) mass is 381 g/mol. The largest absolute Gasteiger partial charge is 0.485 e. The van der Waals surface area contributed by atoms with Crippen LogP contribution in [-0.2, 0) is 20.1 Å². The van der Waals surface area contributed by atoms with E-state index in [4.69, 9.17) is 9.15 Å². The van der Waals surface area contributed by atoms with Gasteiger partial charge in [-0.05, 0) is 30.2 Å². The molecule has 0 aliphatic carbocycles. The van der Waals surface area contributed by atoms with Gasteiger partial charge in [-0.3, -0.25) is 9.48 Å². The number of furan rings is 1. The lowest BCUT2D eigenvalue weighted by molar-refractivity contribution is 0.0686. The zero-order valence-corrected chi connectivity index (χ0v) is 15.2. The van der Waals surface area contributed by atoms with Gasteiger partial charge in [0.2, 0.25) is 0 Å². The fourth-order valence-corrected chi connectivity index (χ4v) is 2.66. The van der Waals surface area contributed by atoms with Crippen LogP contribution >= 0.6 is 0 Å². The predicted molar refractivity (Wildman–Crippen MR) is 102 cm³/mol. The molecule has 0 spiro atoms. The molecular formula is C20H19N3O5. The number of anilines is 1. The lowest BCUT2D eigenvalue weighted by Gasteiger charge is -2.09. The van der Waals surface area contributed by atoms with Crippen molar-refractivity contribution >= 4 is 17.6 Å². The zero-order valence-electron chi connectivity index (χ0n) is 15.2. The number of nitrogens with zero attached hydrogens (tertiary/aromatic N) is 2. The van der Waals surface area contributed by atoms with Gasteiger partial charge in [0.1, 0.15) is 18.1 Å². The number of aromatic carboxylic acids is 1. The van der Waals surface area contributed by atoms with E-state index in [0.717, 1.165) is 5.56 Å². The van der Waals surface area contributed by atoms with E-state index in [-0.39, 0.29) is 23.7 Å². The van der Waals surface area contributed by atoms with Crippen molar-refractivity contribution in [2.75, 3.05) is 5.32 Å². The molecule has 2 aromatic heterocycles. The molecule has 28 heavy (non-hydrogen) atoms. The Morgan fingerprint density at radius 2 is 2.11 bits per heavy atom. The van der Waals surface area contributed by atoms with Gasteiger partial charge in [0.25, 0.3) is 5.91 Å². The molecule has 0 aliphatic rings. The molecule has 144 valence electrons. The van der Waals surface area contributed by atoms with E-state index in [1.807, 2.05) is 24.3 Å². The van der Waals surface area contributed by atoms with E-state index < -0.39 is 11.9 Å².